The molecule has 22 heavy (non-hydrogen) atoms. The van der Waals surface area contributed by atoms with Crippen molar-refractivity contribution >= 4 is 27.5 Å². The van der Waals surface area contributed by atoms with E-state index < -0.39 is 0 Å². The molecular weight excluding hydrogens is 346 g/mol. The molecule has 0 spiro atoms. The predicted octanol–water partition coefficient (Wildman–Crippen LogP) is 4.50. The number of hydrogen-bond donors (Lipinski definition) is 1. The van der Waals surface area contributed by atoms with E-state index in [9.17, 15) is 4.79 Å². The lowest BCUT2D eigenvalue weighted by molar-refractivity contribution is 0.102. The maximum atomic E-state index is 12.5. The van der Waals surface area contributed by atoms with E-state index in [1.807, 2.05) is 38.1 Å². The minimum absolute atomic E-state index is 0.224. The maximum absolute atomic E-state index is 12.5. The van der Waals surface area contributed by atoms with Crippen molar-refractivity contribution in [3.05, 3.63) is 52.5 Å². The van der Waals surface area contributed by atoms with E-state index in [4.69, 9.17) is 9.47 Å². The van der Waals surface area contributed by atoms with Crippen LogP contribution in [0.3, 0.4) is 0 Å². The molecule has 0 saturated carbocycles. The van der Waals surface area contributed by atoms with Gasteiger partial charge in [-0.3, -0.25) is 4.79 Å². The number of amides is 1. The number of carbonyl (C=O) groups excluding carboxylic acids is 1. The third kappa shape index (κ3) is 4.01. The SMILES string of the molecule is CCOc1ccc(C(=O)Nc2ccccc2Br)c(OCC)c1. The van der Waals surface area contributed by atoms with Gasteiger partial charge in [-0.25, -0.2) is 0 Å². The van der Waals surface area contributed by atoms with E-state index in [0.29, 0.717) is 36.0 Å². The van der Waals surface area contributed by atoms with Crippen LogP contribution in [0.1, 0.15) is 24.2 Å². The lowest BCUT2D eigenvalue weighted by Gasteiger charge is -2.13. The van der Waals surface area contributed by atoms with Gasteiger partial charge >= 0.3 is 0 Å². The minimum Gasteiger partial charge on any atom is -0.494 e. The fourth-order valence-corrected chi connectivity index (χ4v) is 2.36. The topological polar surface area (TPSA) is 47.6 Å². The van der Waals surface area contributed by atoms with Crippen LogP contribution in [0.5, 0.6) is 11.5 Å². The van der Waals surface area contributed by atoms with Crippen LogP contribution in [0.4, 0.5) is 5.69 Å². The standard InChI is InChI=1S/C17H18BrNO3/c1-3-21-12-9-10-13(16(11-12)22-4-2)17(20)19-15-8-6-5-7-14(15)18/h5-11H,3-4H2,1-2H3,(H,19,20). The number of para-hydroxylation sites is 1. The summed E-state index contributed by atoms with van der Waals surface area (Å²) in [4.78, 5) is 12.5. The number of benzene rings is 2. The highest BCUT2D eigenvalue weighted by Crippen LogP contribution is 2.27. The van der Waals surface area contributed by atoms with Crippen LogP contribution in [0.25, 0.3) is 0 Å². The molecule has 0 aliphatic heterocycles. The molecule has 1 amide bonds. The third-order valence-electron chi connectivity index (χ3n) is 2.93. The van der Waals surface area contributed by atoms with Crippen molar-refractivity contribution in [3.63, 3.8) is 0 Å². The summed E-state index contributed by atoms with van der Waals surface area (Å²) in [5.74, 6) is 0.972. The summed E-state index contributed by atoms with van der Waals surface area (Å²) >= 11 is 3.41. The zero-order chi connectivity index (χ0) is 15.9. The highest BCUT2D eigenvalue weighted by atomic mass is 79.9. The zero-order valence-corrected chi connectivity index (χ0v) is 14.1. The van der Waals surface area contributed by atoms with E-state index in [0.717, 1.165) is 4.47 Å². The highest BCUT2D eigenvalue weighted by molar-refractivity contribution is 9.10. The van der Waals surface area contributed by atoms with Gasteiger partial charge in [0.25, 0.3) is 5.91 Å². The van der Waals surface area contributed by atoms with Gasteiger partial charge in [-0.05, 0) is 54.0 Å². The van der Waals surface area contributed by atoms with Gasteiger partial charge in [-0.15, -0.1) is 0 Å². The Morgan fingerprint density at radius 3 is 2.50 bits per heavy atom. The van der Waals surface area contributed by atoms with Crippen molar-refractivity contribution in [2.45, 2.75) is 13.8 Å². The Kier molecular flexibility index (Phi) is 5.83. The molecule has 5 heteroatoms. The number of ether oxygens (including phenoxy) is 2. The average molecular weight is 364 g/mol. The van der Waals surface area contributed by atoms with E-state index in [-0.39, 0.29) is 5.91 Å². The molecule has 4 nitrogen and oxygen atoms in total. The van der Waals surface area contributed by atoms with Crippen LogP contribution in [-0.4, -0.2) is 19.1 Å². The van der Waals surface area contributed by atoms with Crippen LogP contribution in [-0.2, 0) is 0 Å². The summed E-state index contributed by atoms with van der Waals surface area (Å²) in [5, 5.41) is 2.87. The van der Waals surface area contributed by atoms with Crippen molar-refractivity contribution < 1.29 is 14.3 Å². The van der Waals surface area contributed by atoms with Gasteiger partial charge in [0.15, 0.2) is 0 Å². The Hall–Kier alpha value is -2.01. The molecule has 0 aliphatic rings. The number of halogens is 1. The molecule has 116 valence electrons. The van der Waals surface area contributed by atoms with E-state index in [2.05, 4.69) is 21.2 Å². The Morgan fingerprint density at radius 2 is 1.82 bits per heavy atom. The number of anilines is 1. The molecule has 0 unspecified atom stereocenters. The molecule has 0 fully saturated rings. The maximum Gasteiger partial charge on any atom is 0.259 e. The second-order valence-corrected chi connectivity index (χ2v) is 5.31. The number of carbonyl (C=O) groups is 1. The summed E-state index contributed by atoms with van der Waals surface area (Å²) in [6, 6.07) is 12.7. The van der Waals surface area contributed by atoms with Crippen molar-refractivity contribution in [3.8, 4) is 11.5 Å². The zero-order valence-electron chi connectivity index (χ0n) is 12.6. The smallest absolute Gasteiger partial charge is 0.259 e. The molecule has 0 radical (unpaired) electrons. The first kappa shape index (κ1) is 16.4. The predicted molar refractivity (Wildman–Crippen MR) is 90.9 cm³/mol. The van der Waals surface area contributed by atoms with E-state index in [1.165, 1.54) is 0 Å². The molecule has 0 bridgehead atoms. The first-order chi connectivity index (χ1) is 10.7. The Bertz CT molecular complexity index is 658. The van der Waals surface area contributed by atoms with E-state index in [1.54, 1.807) is 18.2 Å². The van der Waals surface area contributed by atoms with Crippen molar-refractivity contribution in [1.29, 1.82) is 0 Å². The van der Waals surface area contributed by atoms with Crippen LogP contribution in [0.2, 0.25) is 0 Å². The van der Waals surface area contributed by atoms with E-state index >= 15 is 0 Å². The van der Waals surface area contributed by atoms with Crippen molar-refractivity contribution in [2.75, 3.05) is 18.5 Å². The van der Waals surface area contributed by atoms with Gasteiger partial charge < -0.3 is 14.8 Å². The molecule has 2 aromatic carbocycles. The fourth-order valence-electron chi connectivity index (χ4n) is 1.97. The van der Waals surface area contributed by atoms with Gasteiger partial charge in [0, 0.05) is 10.5 Å². The third-order valence-corrected chi connectivity index (χ3v) is 3.62. The normalized spacial score (nSPS) is 10.1. The Morgan fingerprint density at radius 1 is 1.09 bits per heavy atom. The van der Waals surface area contributed by atoms with Crippen LogP contribution in [0, 0.1) is 0 Å². The van der Waals surface area contributed by atoms with Gasteiger partial charge in [0.05, 0.1) is 24.5 Å². The fraction of sp³-hybridized carbons (Fsp3) is 0.235. The largest absolute Gasteiger partial charge is 0.494 e. The Balaban J connectivity index is 2.26. The lowest BCUT2D eigenvalue weighted by atomic mass is 10.1. The molecule has 0 heterocycles. The average Bonchev–Trinajstić information content (AvgIpc) is 2.50. The number of rotatable bonds is 6. The first-order valence-electron chi connectivity index (χ1n) is 7.11. The van der Waals surface area contributed by atoms with Gasteiger partial charge in [0.1, 0.15) is 11.5 Å². The van der Waals surface area contributed by atoms with Crippen LogP contribution >= 0.6 is 15.9 Å². The summed E-state index contributed by atoms with van der Waals surface area (Å²) in [5.41, 5.74) is 1.19. The number of nitrogens with one attached hydrogen (secondary N) is 1. The van der Waals surface area contributed by atoms with Crippen molar-refractivity contribution in [1.82, 2.24) is 0 Å². The second-order valence-electron chi connectivity index (χ2n) is 4.46. The molecule has 0 saturated heterocycles. The molecule has 1 N–H and O–H groups in total. The summed E-state index contributed by atoms with van der Waals surface area (Å²) < 4.78 is 11.8. The lowest BCUT2D eigenvalue weighted by Crippen LogP contribution is -2.14. The van der Waals surface area contributed by atoms with Crippen molar-refractivity contribution in [2.24, 2.45) is 0 Å². The van der Waals surface area contributed by atoms with Crippen LogP contribution in [0.15, 0.2) is 46.9 Å². The first-order valence-corrected chi connectivity index (χ1v) is 7.90. The molecule has 0 atom stereocenters. The van der Waals surface area contributed by atoms with Gasteiger partial charge in [-0.2, -0.15) is 0 Å². The summed E-state index contributed by atoms with van der Waals surface area (Å²) in [6.45, 7) is 4.83. The summed E-state index contributed by atoms with van der Waals surface area (Å²) in [6.07, 6.45) is 0. The monoisotopic (exact) mass is 363 g/mol. The van der Waals surface area contributed by atoms with Gasteiger partial charge in [0.2, 0.25) is 0 Å². The highest BCUT2D eigenvalue weighted by Gasteiger charge is 2.15. The molecule has 2 rings (SSSR count). The molecular formula is C17H18BrNO3. The van der Waals surface area contributed by atoms with Gasteiger partial charge in [-0.1, -0.05) is 12.1 Å². The minimum atomic E-state index is -0.224. The Labute approximate surface area is 138 Å². The molecule has 2 aromatic rings. The quantitative estimate of drug-likeness (QED) is 0.821. The molecule has 0 aliphatic carbocycles. The summed E-state index contributed by atoms with van der Waals surface area (Å²) in [7, 11) is 0. The molecule has 0 aromatic heterocycles. The second kappa shape index (κ2) is 7.84. The van der Waals surface area contributed by atoms with Crippen LogP contribution < -0.4 is 14.8 Å². The number of hydrogen-bond acceptors (Lipinski definition) is 3.